The molecule has 34 heavy (non-hydrogen) atoms. The molecule has 1 saturated heterocycles. The number of hydrogen-bond donors (Lipinski definition) is 1. The van der Waals surface area contributed by atoms with Gasteiger partial charge in [-0.2, -0.15) is 18.2 Å². The number of sulfonamides is 1. The van der Waals surface area contributed by atoms with E-state index in [1.807, 2.05) is 0 Å². The Kier molecular flexibility index (Phi) is 6.81. The quantitative estimate of drug-likeness (QED) is 0.470. The monoisotopic (exact) mass is 521 g/mol. The molecule has 0 bridgehead atoms. The molecule has 1 aromatic carbocycles. The normalized spacial score (nSPS) is 19.0. The van der Waals surface area contributed by atoms with E-state index >= 15 is 0 Å². The van der Waals surface area contributed by atoms with Crippen LogP contribution in [0.15, 0.2) is 16.9 Å². The zero-order valence-electron chi connectivity index (χ0n) is 17.9. The number of rotatable bonds is 5. The van der Waals surface area contributed by atoms with Crippen LogP contribution in [0, 0.1) is 10.1 Å². The Balaban J connectivity index is 1.54. The molecule has 1 N–H and O–H groups in total. The highest BCUT2D eigenvalue weighted by Crippen LogP contribution is 2.38. The molecule has 0 unspecified atom stereocenters. The zero-order chi connectivity index (χ0) is 24.7. The third kappa shape index (κ3) is 5.16. The molecule has 0 radical (unpaired) electrons. The highest BCUT2D eigenvalue weighted by molar-refractivity contribution is 7.90. The van der Waals surface area contributed by atoms with Crippen LogP contribution in [0.25, 0.3) is 10.1 Å². The molecule has 186 valence electrons. The molecule has 0 amide bonds. The van der Waals surface area contributed by atoms with E-state index in [2.05, 4.69) is 9.82 Å². The topological polar surface area (TPSA) is 126 Å². The molecular weight excluding hydrogens is 499 g/mol. The van der Waals surface area contributed by atoms with Crippen LogP contribution in [0.5, 0.6) is 0 Å². The smallest absolute Gasteiger partial charge is 0.345 e. The minimum Gasteiger partial charge on any atom is -0.345 e. The fourth-order valence-electron chi connectivity index (χ4n) is 4.19. The van der Waals surface area contributed by atoms with E-state index in [1.165, 1.54) is 0 Å². The molecule has 1 aliphatic carbocycles. The summed E-state index contributed by atoms with van der Waals surface area (Å²) in [6.45, 7) is 1.11. The SMILES string of the molecule is O=c1nc(N2CCN(NS(=O)(=O)C3CCCCC3)CC2)sc2c([N+](=O)[O-])cc(C(F)(F)F)cc12. The molecule has 2 fully saturated rings. The van der Waals surface area contributed by atoms with Crippen LogP contribution >= 0.6 is 11.3 Å². The minimum absolute atomic E-state index is 0.134. The van der Waals surface area contributed by atoms with Gasteiger partial charge in [0.25, 0.3) is 11.2 Å². The highest BCUT2D eigenvalue weighted by Gasteiger charge is 2.35. The molecule has 2 aliphatic rings. The van der Waals surface area contributed by atoms with Crippen LogP contribution < -0.4 is 15.3 Å². The van der Waals surface area contributed by atoms with E-state index in [0.29, 0.717) is 25.0 Å². The average molecular weight is 522 g/mol. The van der Waals surface area contributed by atoms with Gasteiger partial charge in [0.2, 0.25) is 10.0 Å². The number of nitrogens with one attached hydrogen (secondary N) is 1. The van der Waals surface area contributed by atoms with E-state index in [0.717, 1.165) is 30.6 Å². The van der Waals surface area contributed by atoms with E-state index in [1.54, 1.807) is 9.91 Å². The lowest BCUT2D eigenvalue weighted by Crippen LogP contribution is -2.55. The number of aromatic nitrogens is 1. The number of anilines is 1. The number of hydrazine groups is 1. The zero-order valence-corrected chi connectivity index (χ0v) is 19.5. The number of nitro groups is 1. The van der Waals surface area contributed by atoms with Gasteiger partial charge < -0.3 is 4.90 Å². The summed E-state index contributed by atoms with van der Waals surface area (Å²) >= 11 is 0.768. The molecule has 2 heterocycles. The van der Waals surface area contributed by atoms with Crippen molar-refractivity contribution in [2.75, 3.05) is 31.1 Å². The van der Waals surface area contributed by atoms with Crippen LogP contribution in [0.1, 0.15) is 37.7 Å². The summed E-state index contributed by atoms with van der Waals surface area (Å²) in [5.41, 5.74) is -3.09. The third-order valence-electron chi connectivity index (χ3n) is 6.01. The van der Waals surface area contributed by atoms with Crippen molar-refractivity contribution in [3.63, 3.8) is 0 Å². The van der Waals surface area contributed by atoms with Gasteiger partial charge >= 0.3 is 6.18 Å². The Morgan fingerprint density at radius 3 is 2.35 bits per heavy atom. The highest BCUT2D eigenvalue weighted by atomic mass is 32.2. The number of alkyl halides is 3. The largest absolute Gasteiger partial charge is 0.416 e. The number of hydrogen-bond acceptors (Lipinski definition) is 9. The van der Waals surface area contributed by atoms with Crippen LogP contribution in [0.4, 0.5) is 24.0 Å². The van der Waals surface area contributed by atoms with Gasteiger partial charge in [-0.25, -0.2) is 13.4 Å². The van der Waals surface area contributed by atoms with Crippen molar-refractivity contribution in [2.45, 2.75) is 43.5 Å². The Bertz CT molecular complexity index is 1250. The summed E-state index contributed by atoms with van der Waals surface area (Å²) in [6, 6.07) is 0.996. The fraction of sp³-hybridized carbons (Fsp3) is 0.579. The average Bonchev–Trinajstić information content (AvgIpc) is 2.78. The number of non-ortho nitro benzene ring substituents is 1. The second kappa shape index (κ2) is 9.36. The third-order valence-corrected chi connectivity index (χ3v) is 9.04. The van der Waals surface area contributed by atoms with Crippen molar-refractivity contribution < 1.29 is 26.5 Å². The van der Waals surface area contributed by atoms with Crippen molar-refractivity contribution in [2.24, 2.45) is 0 Å². The fourth-order valence-corrected chi connectivity index (χ4v) is 6.96. The van der Waals surface area contributed by atoms with E-state index < -0.39 is 48.6 Å². The first-order chi connectivity index (χ1) is 16.0. The second-order valence-corrected chi connectivity index (χ2v) is 11.2. The molecule has 0 atom stereocenters. The number of piperazine rings is 1. The Hall–Kier alpha value is -2.36. The van der Waals surface area contributed by atoms with Crippen molar-refractivity contribution in [3.05, 3.63) is 38.2 Å². The number of nitro benzene ring substituents is 1. The van der Waals surface area contributed by atoms with Gasteiger partial charge in [0.1, 0.15) is 4.70 Å². The van der Waals surface area contributed by atoms with Gasteiger partial charge in [-0.05, 0) is 18.9 Å². The molecule has 0 spiro atoms. The first kappa shape index (κ1) is 24.8. The lowest BCUT2D eigenvalue weighted by Gasteiger charge is -2.35. The van der Waals surface area contributed by atoms with Gasteiger partial charge in [0.15, 0.2) is 5.13 Å². The van der Waals surface area contributed by atoms with Crippen LogP contribution in [0.2, 0.25) is 0 Å². The molecular formula is C19H22F3N5O5S2. The molecule has 10 nitrogen and oxygen atoms in total. The number of nitrogens with zero attached hydrogens (tertiary/aromatic N) is 4. The van der Waals surface area contributed by atoms with Gasteiger partial charge in [0, 0.05) is 32.2 Å². The molecule has 2 aromatic rings. The van der Waals surface area contributed by atoms with E-state index in [-0.39, 0.29) is 36.0 Å². The van der Waals surface area contributed by atoms with Gasteiger partial charge in [-0.3, -0.25) is 14.9 Å². The maximum Gasteiger partial charge on any atom is 0.416 e. The molecule has 1 aromatic heterocycles. The van der Waals surface area contributed by atoms with Crippen molar-refractivity contribution in [3.8, 4) is 0 Å². The summed E-state index contributed by atoms with van der Waals surface area (Å²) < 4.78 is 64.5. The number of halogens is 3. The number of benzene rings is 1. The maximum atomic E-state index is 13.1. The Morgan fingerprint density at radius 1 is 1.12 bits per heavy atom. The summed E-state index contributed by atoms with van der Waals surface area (Å²) in [6.07, 6.45) is -0.818. The van der Waals surface area contributed by atoms with E-state index in [4.69, 9.17) is 0 Å². The summed E-state index contributed by atoms with van der Waals surface area (Å²) in [4.78, 5) is 31.1. The first-order valence-corrected chi connectivity index (χ1v) is 13.0. The van der Waals surface area contributed by atoms with Crippen molar-refractivity contribution in [1.29, 1.82) is 0 Å². The summed E-state index contributed by atoms with van der Waals surface area (Å²) in [5.74, 6) is 0. The van der Waals surface area contributed by atoms with Gasteiger partial charge in [-0.15, -0.1) is 4.83 Å². The minimum atomic E-state index is -4.85. The van der Waals surface area contributed by atoms with Crippen LogP contribution in [-0.2, 0) is 16.2 Å². The lowest BCUT2D eigenvalue weighted by atomic mass is 10.0. The van der Waals surface area contributed by atoms with Crippen LogP contribution in [0.3, 0.4) is 0 Å². The maximum absolute atomic E-state index is 13.1. The summed E-state index contributed by atoms with van der Waals surface area (Å²) in [7, 11) is -3.50. The molecule has 15 heteroatoms. The van der Waals surface area contributed by atoms with Gasteiger partial charge in [-0.1, -0.05) is 30.6 Å². The Morgan fingerprint density at radius 2 is 1.76 bits per heavy atom. The summed E-state index contributed by atoms with van der Waals surface area (Å²) in [5, 5.41) is 12.3. The van der Waals surface area contributed by atoms with Crippen molar-refractivity contribution >= 4 is 42.3 Å². The first-order valence-electron chi connectivity index (χ1n) is 10.7. The predicted octanol–water partition coefficient (Wildman–Crippen LogP) is 2.87. The molecule has 1 aliphatic heterocycles. The van der Waals surface area contributed by atoms with Gasteiger partial charge in [0.05, 0.1) is 21.1 Å². The van der Waals surface area contributed by atoms with Crippen LogP contribution in [-0.4, -0.2) is 54.8 Å². The Labute approximate surface area is 196 Å². The number of fused-ring (bicyclic) bond motifs is 1. The molecule has 4 rings (SSSR count). The molecule has 1 saturated carbocycles. The second-order valence-electron chi connectivity index (χ2n) is 8.30. The van der Waals surface area contributed by atoms with Crippen molar-refractivity contribution in [1.82, 2.24) is 14.8 Å². The standard InChI is InChI=1S/C19H22F3N5O5S2/c20-19(21,22)12-10-14-16(15(11-12)27(29)30)33-18(23-17(14)28)25-6-8-26(9-7-25)24-34(31,32)13-4-2-1-3-5-13/h10-11,13,24H,1-9H2. The predicted molar refractivity (Wildman–Crippen MR) is 120 cm³/mol. The van der Waals surface area contributed by atoms with E-state index in [9.17, 15) is 36.5 Å². The lowest BCUT2D eigenvalue weighted by molar-refractivity contribution is -0.383.